The molecule has 2 heterocycles. The third-order valence-corrected chi connectivity index (χ3v) is 3.75. The van der Waals surface area contributed by atoms with Crippen molar-refractivity contribution in [2.45, 2.75) is 25.8 Å². The van der Waals surface area contributed by atoms with E-state index in [1.807, 2.05) is 31.2 Å². The maximum absolute atomic E-state index is 12.0. The topological polar surface area (TPSA) is 67.2 Å². The van der Waals surface area contributed by atoms with Crippen LogP contribution in [0.5, 0.6) is 0 Å². The lowest BCUT2D eigenvalue weighted by atomic mass is 10.1. The molecule has 3 rings (SSSR count). The van der Waals surface area contributed by atoms with Crippen molar-refractivity contribution in [3.63, 3.8) is 0 Å². The Bertz CT molecular complexity index is 619. The van der Waals surface area contributed by atoms with Crippen molar-refractivity contribution in [2.24, 2.45) is 0 Å². The minimum absolute atomic E-state index is 0. The van der Waals surface area contributed by atoms with Crippen LogP contribution < -0.4 is 10.6 Å². The highest BCUT2D eigenvalue weighted by atomic mass is 35.5. The van der Waals surface area contributed by atoms with Crippen LogP contribution in [0.15, 0.2) is 34.9 Å². The van der Waals surface area contributed by atoms with Gasteiger partial charge in [0.15, 0.2) is 0 Å². The van der Waals surface area contributed by atoms with Gasteiger partial charge in [-0.1, -0.05) is 35.0 Å². The van der Waals surface area contributed by atoms with E-state index in [1.54, 1.807) is 6.07 Å². The second kappa shape index (κ2) is 7.42. The number of carbonyl (C=O) groups excluding carboxylic acids is 1. The number of hydrogen-bond donors (Lipinski definition) is 2. The Morgan fingerprint density at radius 3 is 2.86 bits per heavy atom. The average molecular weight is 322 g/mol. The predicted molar refractivity (Wildman–Crippen MR) is 87.3 cm³/mol. The standard InChI is InChI=1S/C16H19N3O2.ClH/c1-11-4-6-12(7-5-11)14-9-15(21-19-14)16(20)18-10-13-3-2-8-17-13;/h4-7,9,13,17H,2-3,8,10H2,1H3,(H,18,20);1H. The van der Waals surface area contributed by atoms with Crippen molar-refractivity contribution in [2.75, 3.05) is 13.1 Å². The number of rotatable bonds is 4. The van der Waals surface area contributed by atoms with Gasteiger partial charge in [0, 0.05) is 24.2 Å². The molecule has 0 radical (unpaired) electrons. The lowest BCUT2D eigenvalue weighted by Gasteiger charge is -2.09. The lowest BCUT2D eigenvalue weighted by Crippen LogP contribution is -2.37. The third kappa shape index (κ3) is 3.87. The van der Waals surface area contributed by atoms with Crippen LogP contribution in [0.3, 0.4) is 0 Å². The normalized spacial score (nSPS) is 17.0. The fraction of sp³-hybridized carbons (Fsp3) is 0.375. The largest absolute Gasteiger partial charge is 0.350 e. The molecule has 1 aliphatic rings. The first-order valence-electron chi connectivity index (χ1n) is 7.28. The maximum atomic E-state index is 12.0. The Morgan fingerprint density at radius 1 is 1.41 bits per heavy atom. The number of carbonyl (C=O) groups is 1. The lowest BCUT2D eigenvalue weighted by molar-refractivity contribution is 0.0913. The predicted octanol–water partition coefficient (Wildman–Crippen LogP) is 2.55. The number of hydrogen-bond acceptors (Lipinski definition) is 4. The van der Waals surface area contributed by atoms with E-state index in [9.17, 15) is 4.79 Å². The van der Waals surface area contributed by atoms with Crippen molar-refractivity contribution < 1.29 is 9.32 Å². The molecule has 1 unspecified atom stereocenters. The molecular formula is C16H20ClN3O2. The number of amides is 1. The van der Waals surface area contributed by atoms with Gasteiger partial charge in [0.2, 0.25) is 5.76 Å². The van der Waals surface area contributed by atoms with Crippen LogP contribution in [0.2, 0.25) is 0 Å². The zero-order valence-corrected chi connectivity index (χ0v) is 13.3. The van der Waals surface area contributed by atoms with Crippen LogP contribution in [0.25, 0.3) is 11.3 Å². The van der Waals surface area contributed by atoms with Crippen molar-refractivity contribution in [3.8, 4) is 11.3 Å². The minimum Gasteiger partial charge on any atom is -0.350 e. The Labute approximate surface area is 135 Å². The van der Waals surface area contributed by atoms with Crippen LogP contribution >= 0.6 is 12.4 Å². The summed E-state index contributed by atoms with van der Waals surface area (Å²) in [6.07, 6.45) is 2.27. The van der Waals surface area contributed by atoms with Gasteiger partial charge in [0.05, 0.1) is 0 Å². The summed E-state index contributed by atoms with van der Waals surface area (Å²) in [4.78, 5) is 12.0. The monoisotopic (exact) mass is 321 g/mol. The average Bonchev–Trinajstić information content (AvgIpc) is 3.17. The molecule has 1 amide bonds. The molecule has 1 fully saturated rings. The number of nitrogens with zero attached hydrogens (tertiary/aromatic N) is 1. The first kappa shape index (κ1) is 16.5. The molecule has 1 atom stereocenters. The molecule has 5 nitrogen and oxygen atoms in total. The summed E-state index contributed by atoms with van der Waals surface area (Å²) < 4.78 is 5.14. The number of nitrogens with one attached hydrogen (secondary N) is 2. The summed E-state index contributed by atoms with van der Waals surface area (Å²) in [5, 5.41) is 10.2. The molecule has 2 aromatic rings. The van der Waals surface area contributed by atoms with Gasteiger partial charge in [0.25, 0.3) is 5.91 Å². The SMILES string of the molecule is Cc1ccc(-c2cc(C(=O)NCC3CCCN3)on2)cc1.Cl. The van der Waals surface area contributed by atoms with E-state index in [0.29, 0.717) is 18.3 Å². The van der Waals surface area contributed by atoms with Crippen molar-refractivity contribution in [1.82, 2.24) is 15.8 Å². The fourth-order valence-electron chi connectivity index (χ4n) is 2.48. The zero-order chi connectivity index (χ0) is 14.7. The van der Waals surface area contributed by atoms with Crippen LogP contribution in [-0.2, 0) is 0 Å². The van der Waals surface area contributed by atoms with Gasteiger partial charge in [-0.15, -0.1) is 12.4 Å². The molecule has 0 spiro atoms. The van der Waals surface area contributed by atoms with E-state index < -0.39 is 0 Å². The summed E-state index contributed by atoms with van der Waals surface area (Å²) in [5.74, 6) is 0.0399. The van der Waals surface area contributed by atoms with Gasteiger partial charge < -0.3 is 15.2 Å². The van der Waals surface area contributed by atoms with Gasteiger partial charge in [-0.25, -0.2) is 0 Å². The Balaban J connectivity index is 0.00000176. The van der Waals surface area contributed by atoms with Crippen LogP contribution in [-0.4, -0.2) is 30.2 Å². The van der Waals surface area contributed by atoms with E-state index in [-0.39, 0.29) is 24.1 Å². The van der Waals surface area contributed by atoms with Crippen LogP contribution in [0.1, 0.15) is 29.0 Å². The number of aromatic nitrogens is 1. The first-order valence-corrected chi connectivity index (χ1v) is 7.28. The van der Waals surface area contributed by atoms with Gasteiger partial charge >= 0.3 is 0 Å². The molecule has 1 saturated heterocycles. The molecule has 1 aromatic heterocycles. The van der Waals surface area contributed by atoms with Gasteiger partial charge in [-0.05, 0) is 26.3 Å². The molecule has 2 N–H and O–H groups in total. The van der Waals surface area contributed by atoms with Crippen molar-refractivity contribution >= 4 is 18.3 Å². The number of halogens is 1. The second-order valence-electron chi connectivity index (χ2n) is 5.45. The summed E-state index contributed by atoms with van der Waals surface area (Å²) in [6.45, 7) is 3.68. The molecule has 1 aromatic carbocycles. The van der Waals surface area contributed by atoms with Gasteiger partial charge in [-0.2, -0.15) is 0 Å². The minimum atomic E-state index is -0.213. The third-order valence-electron chi connectivity index (χ3n) is 3.75. The summed E-state index contributed by atoms with van der Waals surface area (Å²) >= 11 is 0. The van der Waals surface area contributed by atoms with E-state index >= 15 is 0 Å². The highest BCUT2D eigenvalue weighted by Crippen LogP contribution is 2.19. The van der Waals surface area contributed by atoms with Crippen LogP contribution in [0, 0.1) is 6.92 Å². The van der Waals surface area contributed by atoms with E-state index in [1.165, 1.54) is 12.0 Å². The fourth-order valence-corrected chi connectivity index (χ4v) is 2.48. The van der Waals surface area contributed by atoms with E-state index in [4.69, 9.17) is 4.52 Å². The van der Waals surface area contributed by atoms with Gasteiger partial charge in [-0.3, -0.25) is 4.79 Å². The smallest absolute Gasteiger partial charge is 0.289 e. The molecule has 6 heteroatoms. The van der Waals surface area contributed by atoms with Gasteiger partial charge in [0.1, 0.15) is 5.69 Å². The summed E-state index contributed by atoms with van der Waals surface area (Å²) in [5.41, 5.74) is 2.81. The van der Waals surface area contributed by atoms with Crippen molar-refractivity contribution in [1.29, 1.82) is 0 Å². The molecule has 22 heavy (non-hydrogen) atoms. The Morgan fingerprint density at radius 2 is 2.18 bits per heavy atom. The molecule has 0 bridgehead atoms. The number of benzene rings is 1. The molecule has 0 aliphatic carbocycles. The Kier molecular flexibility index (Phi) is 5.57. The molecule has 0 saturated carbocycles. The highest BCUT2D eigenvalue weighted by molar-refractivity contribution is 5.92. The molecule has 1 aliphatic heterocycles. The first-order chi connectivity index (χ1) is 10.2. The summed E-state index contributed by atoms with van der Waals surface area (Å²) in [6, 6.07) is 10.0. The zero-order valence-electron chi connectivity index (χ0n) is 12.5. The van der Waals surface area contributed by atoms with Crippen LogP contribution in [0.4, 0.5) is 0 Å². The molecular weight excluding hydrogens is 302 g/mol. The van der Waals surface area contributed by atoms with E-state index in [2.05, 4.69) is 15.8 Å². The Hall–Kier alpha value is -1.85. The van der Waals surface area contributed by atoms with E-state index in [0.717, 1.165) is 18.5 Å². The molecule has 118 valence electrons. The summed E-state index contributed by atoms with van der Waals surface area (Å²) in [7, 11) is 0. The highest BCUT2D eigenvalue weighted by Gasteiger charge is 2.18. The number of aryl methyl sites for hydroxylation is 1. The quantitative estimate of drug-likeness (QED) is 0.908. The second-order valence-corrected chi connectivity index (χ2v) is 5.45. The van der Waals surface area contributed by atoms with Crippen molar-refractivity contribution in [3.05, 3.63) is 41.7 Å². The maximum Gasteiger partial charge on any atom is 0.289 e.